The number of aryl methyl sites for hydroxylation is 3. The van der Waals surface area contributed by atoms with Crippen LogP contribution in [0.15, 0.2) is 133 Å². The Kier molecular flexibility index (Phi) is 28.2. The summed E-state index contributed by atoms with van der Waals surface area (Å²) in [5.41, 5.74) is 13.8. The van der Waals surface area contributed by atoms with E-state index in [1.54, 1.807) is 50.7 Å². The summed E-state index contributed by atoms with van der Waals surface area (Å²) in [6.07, 6.45) is 12.1. The average molecular weight is 1060 g/mol. The topological polar surface area (TPSA) is 0 Å². The Hall–Kier alpha value is -4.24. The molecular formula is C71H98Cl2F2. The normalized spacial score (nSPS) is 14.3. The second kappa shape index (κ2) is 32.5. The monoisotopic (exact) mass is 1060 g/mol. The highest BCUT2D eigenvalue weighted by Crippen LogP contribution is 2.57. The van der Waals surface area contributed by atoms with Crippen molar-refractivity contribution in [2.75, 3.05) is 0 Å². The fraction of sp³-hybridized carbons (Fsp3) is 0.493. The van der Waals surface area contributed by atoms with E-state index >= 15 is 0 Å². The summed E-state index contributed by atoms with van der Waals surface area (Å²) in [5, 5.41) is 1.51. The van der Waals surface area contributed by atoms with Gasteiger partial charge in [0.1, 0.15) is 11.6 Å². The third-order valence-corrected chi connectivity index (χ3v) is 15.9. The Morgan fingerprint density at radius 3 is 0.973 bits per heavy atom. The van der Waals surface area contributed by atoms with Crippen LogP contribution in [0.3, 0.4) is 0 Å². The van der Waals surface area contributed by atoms with Gasteiger partial charge in [-0.3, -0.25) is 0 Å². The van der Waals surface area contributed by atoms with Crippen LogP contribution in [0.4, 0.5) is 8.78 Å². The number of rotatable bonds is 8. The summed E-state index contributed by atoms with van der Waals surface area (Å²) in [7, 11) is 0. The number of hydrogen-bond donors (Lipinski definition) is 0. The van der Waals surface area contributed by atoms with Crippen LogP contribution in [-0.2, 0) is 0 Å². The molecule has 4 heteroatoms. The zero-order valence-corrected chi connectivity index (χ0v) is 51.1. The maximum Gasteiger partial charge on any atom is 0.129 e. The van der Waals surface area contributed by atoms with Crippen molar-refractivity contribution in [3.63, 3.8) is 0 Å². The molecule has 410 valence electrons. The van der Waals surface area contributed by atoms with E-state index in [-0.39, 0.29) is 11.5 Å². The zero-order valence-electron chi connectivity index (χ0n) is 49.6. The first-order chi connectivity index (χ1) is 35.4. The zero-order chi connectivity index (χ0) is 56.0. The molecule has 3 aliphatic carbocycles. The highest BCUT2D eigenvalue weighted by Gasteiger charge is 2.44. The van der Waals surface area contributed by atoms with Crippen molar-refractivity contribution in [3.05, 3.63) is 211 Å². The first-order valence-corrected chi connectivity index (χ1v) is 29.3. The van der Waals surface area contributed by atoms with Crippen molar-refractivity contribution in [1.82, 2.24) is 0 Å². The van der Waals surface area contributed by atoms with Crippen LogP contribution in [0.25, 0.3) is 0 Å². The van der Waals surface area contributed by atoms with Crippen molar-refractivity contribution in [2.45, 2.75) is 210 Å². The molecule has 3 fully saturated rings. The molecule has 0 heterocycles. The largest absolute Gasteiger partial charge is 0.207 e. The van der Waals surface area contributed by atoms with Gasteiger partial charge in [0.05, 0.1) is 0 Å². The summed E-state index contributed by atoms with van der Waals surface area (Å²) in [6.45, 7) is 36.8. The Labute approximate surface area is 467 Å². The molecule has 3 aliphatic rings. The van der Waals surface area contributed by atoms with Crippen molar-refractivity contribution < 1.29 is 8.78 Å². The second-order valence-corrected chi connectivity index (χ2v) is 24.6. The molecule has 0 atom stereocenters. The summed E-state index contributed by atoms with van der Waals surface area (Å²) in [4.78, 5) is 0. The smallest absolute Gasteiger partial charge is 0.129 e. The van der Waals surface area contributed by atoms with Crippen LogP contribution < -0.4 is 0 Å². The van der Waals surface area contributed by atoms with Crippen LogP contribution in [0.1, 0.15) is 245 Å². The van der Waals surface area contributed by atoms with Crippen LogP contribution in [-0.4, -0.2) is 0 Å². The molecule has 0 bridgehead atoms. The van der Waals surface area contributed by atoms with Gasteiger partial charge in [0.15, 0.2) is 0 Å². The SMILES string of the molecule is CC(C)C1CCC2(CC1)CC2.CC(C)c1c(Cl)cccc1Cl.CC(C)c1c(F)cccc1F.CC(C)c1ccccc1C1CC1.Cc1ccccc1C(C)C.Cc1ccccc1C(C)C.Cc1ccccc1C(C)C. The van der Waals surface area contributed by atoms with Gasteiger partial charge in [-0.2, -0.15) is 0 Å². The Morgan fingerprint density at radius 2 is 0.707 bits per heavy atom. The maximum atomic E-state index is 12.9. The van der Waals surface area contributed by atoms with Gasteiger partial charge in [-0.1, -0.05) is 229 Å². The molecule has 0 aliphatic heterocycles. The molecule has 0 unspecified atom stereocenters. The lowest BCUT2D eigenvalue weighted by Gasteiger charge is -2.30. The van der Waals surface area contributed by atoms with Crippen molar-refractivity contribution in [3.8, 4) is 0 Å². The van der Waals surface area contributed by atoms with Gasteiger partial charge in [0.2, 0.25) is 0 Å². The minimum atomic E-state index is -0.458. The van der Waals surface area contributed by atoms with Crippen molar-refractivity contribution in [1.29, 1.82) is 0 Å². The van der Waals surface area contributed by atoms with E-state index in [9.17, 15) is 8.78 Å². The van der Waals surface area contributed by atoms with Crippen molar-refractivity contribution >= 4 is 23.2 Å². The van der Waals surface area contributed by atoms with Gasteiger partial charge in [-0.25, -0.2) is 8.78 Å². The lowest BCUT2D eigenvalue weighted by atomic mass is 9.75. The molecule has 0 amide bonds. The second-order valence-electron chi connectivity index (χ2n) is 23.8. The number of halogens is 4. The molecule has 0 radical (unpaired) electrons. The lowest BCUT2D eigenvalue weighted by Crippen LogP contribution is -2.19. The van der Waals surface area contributed by atoms with Crippen LogP contribution in [0.5, 0.6) is 0 Å². The minimum absolute atomic E-state index is 0.101. The summed E-state index contributed by atoms with van der Waals surface area (Å²) in [5.74, 6) is 4.90. The average Bonchev–Trinajstić information content (AvgIpc) is 4.31. The van der Waals surface area contributed by atoms with Gasteiger partial charge in [-0.05, 0) is 205 Å². The van der Waals surface area contributed by atoms with Crippen LogP contribution >= 0.6 is 23.2 Å². The molecule has 0 N–H and O–H groups in total. The van der Waals surface area contributed by atoms with Gasteiger partial charge < -0.3 is 0 Å². The summed E-state index contributed by atoms with van der Waals surface area (Å²) in [6, 6.07) is 44.0. The van der Waals surface area contributed by atoms with E-state index < -0.39 is 11.6 Å². The molecule has 6 aromatic carbocycles. The highest BCUT2D eigenvalue weighted by atomic mass is 35.5. The molecule has 1 spiro atoms. The van der Waals surface area contributed by atoms with E-state index in [4.69, 9.17) is 23.2 Å². The standard InChI is InChI=1S/C12H16.C11H20.3C10H14.C9H10Cl2.C9H10F2/c1-9(2)11-5-3-4-6-12(11)10-7-8-10;1-9(2)10-3-5-11(6-4-10)7-8-11;3*1-8(2)10-7-5-4-6-9(10)3;2*1-6(2)9-7(10)4-3-5-8(9)11/h3-6,9-10H,7-8H2,1-2H3;9-10H,3-8H2,1-2H3;3*4-8H,1-3H3;2*3-6H,1-2H3. The van der Waals surface area contributed by atoms with Gasteiger partial charge in [0, 0.05) is 15.6 Å². The van der Waals surface area contributed by atoms with Crippen molar-refractivity contribution in [2.24, 2.45) is 17.3 Å². The molecule has 75 heavy (non-hydrogen) atoms. The first-order valence-electron chi connectivity index (χ1n) is 28.5. The Balaban J connectivity index is 0.000000231. The Morgan fingerprint density at radius 1 is 0.373 bits per heavy atom. The van der Waals surface area contributed by atoms with E-state index in [1.165, 1.54) is 77.3 Å². The highest BCUT2D eigenvalue weighted by molar-refractivity contribution is 6.36. The molecule has 0 nitrogen and oxygen atoms in total. The quantitative estimate of drug-likeness (QED) is 0.143. The number of benzene rings is 6. The lowest BCUT2D eigenvalue weighted by molar-refractivity contribution is 0.210. The predicted molar refractivity (Wildman–Crippen MR) is 328 cm³/mol. The first kappa shape index (κ1) is 65.0. The molecule has 3 saturated carbocycles. The summed E-state index contributed by atoms with van der Waals surface area (Å²) < 4.78 is 25.7. The maximum absolute atomic E-state index is 12.9. The van der Waals surface area contributed by atoms with E-state index in [1.807, 2.05) is 18.2 Å². The third-order valence-electron chi connectivity index (χ3n) is 15.2. The molecule has 0 saturated heterocycles. The van der Waals surface area contributed by atoms with E-state index in [0.717, 1.165) is 38.8 Å². The summed E-state index contributed by atoms with van der Waals surface area (Å²) >= 11 is 11.9. The predicted octanol–water partition coefficient (Wildman–Crippen LogP) is 23.9. The molecular weight excluding hydrogens is 962 g/mol. The third kappa shape index (κ3) is 22.3. The Bertz CT molecular complexity index is 2310. The fourth-order valence-corrected chi connectivity index (χ4v) is 11.1. The van der Waals surface area contributed by atoms with Gasteiger partial charge >= 0.3 is 0 Å². The molecule has 6 aromatic rings. The molecule has 0 aromatic heterocycles. The minimum Gasteiger partial charge on any atom is -0.207 e. The fourth-order valence-electron chi connectivity index (χ4n) is 10.2. The van der Waals surface area contributed by atoms with Crippen LogP contribution in [0, 0.1) is 49.7 Å². The van der Waals surface area contributed by atoms with E-state index in [2.05, 4.69) is 201 Å². The van der Waals surface area contributed by atoms with Gasteiger partial charge in [0.25, 0.3) is 0 Å². The van der Waals surface area contributed by atoms with E-state index in [0.29, 0.717) is 29.6 Å². The molecule has 9 rings (SSSR count). The van der Waals surface area contributed by atoms with Gasteiger partial charge in [-0.15, -0.1) is 0 Å². The van der Waals surface area contributed by atoms with Crippen LogP contribution in [0.2, 0.25) is 10.0 Å². The number of hydrogen-bond acceptors (Lipinski definition) is 0.